The molecular weight excluding hydrogens is 344 g/mol. The fraction of sp³-hybridized carbons (Fsp3) is 0.438. The minimum atomic E-state index is -0.214. The molecule has 2 amide bonds. The molecule has 1 saturated heterocycles. The molecular formula is C16H19ClN6O2. The molecule has 0 saturated carbocycles. The number of carbonyl (C=O) groups excluding carboxylic acids is 2. The lowest BCUT2D eigenvalue weighted by Crippen LogP contribution is -2.42. The Morgan fingerprint density at radius 1 is 1.32 bits per heavy atom. The van der Waals surface area contributed by atoms with E-state index >= 15 is 0 Å². The summed E-state index contributed by atoms with van der Waals surface area (Å²) in [6, 6.07) is 3.23. The van der Waals surface area contributed by atoms with Crippen molar-refractivity contribution in [2.45, 2.75) is 19.8 Å². The summed E-state index contributed by atoms with van der Waals surface area (Å²) >= 11 is 5.76. The number of H-pyrrole nitrogens is 1. The number of hydrogen-bond acceptors (Lipinski definition) is 5. The van der Waals surface area contributed by atoms with Crippen molar-refractivity contribution >= 4 is 23.4 Å². The number of rotatable bonds is 4. The summed E-state index contributed by atoms with van der Waals surface area (Å²) < 4.78 is 0. The van der Waals surface area contributed by atoms with Crippen molar-refractivity contribution in [1.82, 2.24) is 30.6 Å². The molecule has 0 radical (unpaired) electrons. The van der Waals surface area contributed by atoms with Gasteiger partial charge in [-0.15, -0.1) is 0 Å². The van der Waals surface area contributed by atoms with Gasteiger partial charge in [0.05, 0.1) is 10.7 Å². The van der Waals surface area contributed by atoms with Crippen LogP contribution in [0.5, 0.6) is 0 Å². The second-order valence-electron chi connectivity index (χ2n) is 6.06. The lowest BCUT2D eigenvalue weighted by Gasteiger charge is -2.31. The van der Waals surface area contributed by atoms with Crippen molar-refractivity contribution in [3.8, 4) is 0 Å². The molecule has 132 valence electrons. The molecule has 9 heteroatoms. The van der Waals surface area contributed by atoms with Gasteiger partial charge in [0.1, 0.15) is 5.69 Å². The third kappa shape index (κ3) is 4.14. The third-order valence-electron chi connectivity index (χ3n) is 4.34. The molecule has 0 unspecified atom stereocenters. The molecule has 1 aliphatic rings. The van der Waals surface area contributed by atoms with Gasteiger partial charge in [-0.25, -0.2) is 4.98 Å². The molecule has 0 aromatic carbocycles. The maximum atomic E-state index is 12.4. The summed E-state index contributed by atoms with van der Waals surface area (Å²) in [5.74, 6) is 0.0196. The lowest BCUT2D eigenvalue weighted by atomic mass is 9.96. The number of hydrogen-bond donors (Lipinski definition) is 2. The van der Waals surface area contributed by atoms with Gasteiger partial charge in [-0.2, -0.15) is 15.4 Å². The van der Waals surface area contributed by atoms with Crippen LogP contribution in [0.2, 0.25) is 5.02 Å². The van der Waals surface area contributed by atoms with Gasteiger partial charge in [-0.1, -0.05) is 11.6 Å². The van der Waals surface area contributed by atoms with Gasteiger partial charge in [-0.05, 0) is 37.8 Å². The molecule has 0 atom stereocenters. The first kappa shape index (κ1) is 17.3. The van der Waals surface area contributed by atoms with E-state index < -0.39 is 0 Å². The molecule has 8 nitrogen and oxygen atoms in total. The van der Waals surface area contributed by atoms with Gasteiger partial charge in [0.15, 0.2) is 5.69 Å². The van der Waals surface area contributed by atoms with Gasteiger partial charge >= 0.3 is 0 Å². The topological polar surface area (TPSA) is 104 Å². The molecule has 0 spiro atoms. The van der Waals surface area contributed by atoms with Crippen molar-refractivity contribution in [2.24, 2.45) is 5.92 Å². The summed E-state index contributed by atoms with van der Waals surface area (Å²) in [7, 11) is 0. The molecule has 2 aromatic heterocycles. The van der Waals surface area contributed by atoms with E-state index in [1.807, 2.05) is 0 Å². The van der Waals surface area contributed by atoms with Crippen LogP contribution in [0, 0.1) is 12.8 Å². The van der Waals surface area contributed by atoms with Crippen LogP contribution in [0.4, 0.5) is 0 Å². The van der Waals surface area contributed by atoms with Crippen molar-refractivity contribution < 1.29 is 9.59 Å². The Labute approximate surface area is 150 Å². The molecule has 2 aromatic rings. The number of pyridine rings is 1. The Morgan fingerprint density at radius 3 is 2.68 bits per heavy atom. The summed E-state index contributed by atoms with van der Waals surface area (Å²) in [6.07, 6.45) is 3.11. The first-order chi connectivity index (χ1) is 12.0. The van der Waals surface area contributed by atoms with Gasteiger partial charge in [0.2, 0.25) is 0 Å². The maximum absolute atomic E-state index is 12.4. The molecule has 3 rings (SSSR count). The number of nitrogens with zero attached hydrogens (tertiary/aromatic N) is 4. The summed E-state index contributed by atoms with van der Waals surface area (Å²) in [5, 5.41) is 13.7. The molecule has 1 fully saturated rings. The van der Waals surface area contributed by atoms with E-state index in [1.165, 1.54) is 6.20 Å². The van der Waals surface area contributed by atoms with Gasteiger partial charge < -0.3 is 10.2 Å². The number of aryl methyl sites for hydroxylation is 1. The number of nitrogens with one attached hydrogen (secondary N) is 2. The fourth-order valence-electron chi connectivity index (χ4n) is 2.81. The second kappa shape index (κ2) is 7.60. The molecule has 0 aliphatic carbocycles. The first-order valence-corrected chi connectivity index (χ1v) is 8.49. The van der Waals surface area contributed by atoms with Crippen LogP contribution in [0.15, 0.2) is 18.3 Å². The zero-order valence-corrected chi connectivity index (χ0v) is 14.6. The van der Waals surface area contributed by atoms with E-state index in [1.54, 1.807) is 24.0 Å². The first-order valence-electron chi connectivity index (χ1n) is 8.11. The molecule has 3 heterocycles. The van der Waals surface area contributed by atoms with E-state index in [2.05, 4.69) is 25.7 Å². The minimum Gasteiger partial charge on any atom is -0.350 e. The van der Waals surface area contributed by atoms with E-state index in [9.17, 15) is 9.59 Å². The normalized spacial score (nSPS) is 15.2. The van der Waals surface area contributed by atoms with Crippen LogP contribution < -0.4 is 5.32 Å². The largest absolute Gasteiger partial charge is 0.350 e. The smallest absolute Gasteiger partial charge is 0.276 e. The number of likely N-dealkylation sites (tertiary alicyclic amines) is 1. The highest BCUT2D eigenvalue weighted by molar-refractivity contribution is 6.30. The molecule has 0 bridgehead atoms. The SMILES string of the molecule is Cc1n[nH]nc1C(=O)N1CCC(CNC(=O)c2ccc(Cl)cn2)CC1. The molecule has 25 heavy (non-hydrogen) atoms. The van der Waals surface area contributed by atoms with Gasteiger partial charge in [0.25, 0.3) is 11.8 Å². The van der Waals surface area contributed by atoms with Crippen molar-refractivity contribution in [3.63, 3.8) is 0 Å². The Balaban J connectivity index is 1.46. The van der Waals surface area contributed by atoms with Crippen molar-refractivity contribution in [2.75, 3.05) is 19.6 Å². The zero-order valence-electron chi connectivity index (χ0n) is 13.8. The Bertz CT molecular complexity index is 752. The predicted molar refractivity (Wildman–Crippen MR) is 91.3 cm³/mol. The summed E-state index contributed by atoms with van der Waals surface area (Å²) in [4.78, 5) is 30.2. The van der Waals surface area contributed by atoms with Crippen LogP contribution in [-0.4, -0.2) is 56.7 Å². The molecule has 1 aliphatic heterocycles. The second-order valence-corrected chi connectivity index (χ2v) is 6.50. The summed E-state index contributed by atoms with van der Waals surface area (Å²) in [5.41, 5.74) is 1.33. The van der Waals surface area contributed by atoms with E-state index in [0.717, 1.165) is 12.8 Å². The zero-order chi connectivity index (χ0) is 17.8. The number of carbonyl (C=O) groups is 2. The number of aromatic amines is 1. The van der Waals surface area contributed by atoms with Crippen LogP contribution in [0.25, 0.3) is 0 Å². The van der Waals surface area contributed by atoms with E-state index in [-0.39, 0.29) is 11.8 Å². The number of amides is 2. The van der Waals surface area contributed by atoms with Crippen LogP contribution >= 0.6 is 11.6 Å². The highest BCUT2D eigenvalue weighted by Gasteiger charge is 2.26. The highest BCUT2D eigenvalue weighted by Crippen LogP contribution is 2.18. The average molecular weight is 363 g/mol. The van der Waals surface area contributed by atoms with Crippen LogP contribution in [-0.2, 0) is 0 Å². The fourth-order valence-corrected chi connectivity index (χ4v) is 2.93. The van der Waals surface area contributed by atoms with E-state index in [0.29, 0.717) is 47.7 Å². The lowest BCUT2D eigenvalue weighted by molar-refractivity contribution is 0.0677. The Hall–Kier alpha value is -2.48. The standard InChI is InChI=1S/C16H19ClN6O2/c1-10-14(21-22-20-10)16(25)23-6-4-11(5-7-23)8-19-15(24)13-3-2-12(17)9-18-13/h2-3,9,11H,4-8H2,1H3,(H,19,24)(H,20,21,22). The number of halogens is 1. The Kier molecular flexibility index (Phi) is 5.28. The number of piperidine rings is 1. The summed E-state index contributed by atoms with van der Waals surface area (Å²) in [6.45, 7) is 3.60. The van der Waals surface area contributed by atoms with E-state index in [4.69, 9.17) is 11.6 Å². The molecule has 2 N–H and O–H groups in total. The predicted octanol–water partition coefficient (Wildman–Crippen LogP) is 1.44. The number of aromatic nitrogens is 4. The Morgan fingerprint density at radius 2 is 2.08 bits per heavy atom. The average Bonchev–Trinajstić information content (AvgIpc) is 3.06. The van der Waals surface area contributed by atoms with Gasteiger partial charge in [-0.3, -0.25) is 9.59 Å². The monoisotopic (exact) mass is 362 g/mol. The van der Waals surface area contributed by atoms with Crippen molar-refractivity contribution in [1.29, 1.82) is 0 Å². The van der Waals surface area contributed by atoms with Crippen LogP contribution in [0.3, 0.4) is 0 Å². The van der Waals surface area contributed by atoms with Gasteiger partial charge in [0, 0.05) is 25.8 Å². The third-order valence-corrected chi connectivity index (χ3v) is 4.56. The van der Waals surface area contributed by atoms with Crippen molar-refractivity contribution in [3.05, 3.63) is 40.4 Å². The maximum Gasteiger partial charge on any atom is 0.276 e. The van der Waals surface area contributed by atoms with Crippen LogP contribution in [0.1, 0.15) is 39.5 Å². The quantitative estimate of drug-likeness (QED) is 0.856. The minimum absolute atomic E-state index is 0.0981. The highest BCUT2D eigenvalue weighted by atomic mass is 35.5.